The summed E-state index contributed by atoms with van der Waals surface area (Å²) in [4.78, 5) is 45.2. The lowest BCUT2D eigenvalue weighted by atomic mass is 10.1. The molecule has 0 radical (unpaired) electrons. The Morgan fingerprint density at radius 2 is 1.66 bits per heavy atom. The van der Waals surface area contributed by atoms with Crippen molar-refractivity contribution in [1.29, 1.82) is 0 Å². The lowest BCUT2D eigenvalue weighted by Gasteiger charge is -2.40. The average Bonchev–Trinajstić information content (AvgIpc) is 3.19. The van der Waals surface area contributed by atoms with Gasteiger partial charge in [0, 0.05) is 58.3 Å². The zero-order chi connectivity index (χ0) is 22.8. The van der Waals surface area contributed by atoms with E-state index in [1.807, 2.05) is 11.8 Å². The van der Waals surface area contributed by atoms with Crippen LogP contribution >= 0.6 is 0 Å². The summed E-state index contributed by atoms with van der Waals surface area (Å²) in [7, 11) is 0. The number of hydrogen-bond donors (Lipinski definition) is 0. The van der Waals surface area contributed by atoms with Gasteiger partial charge in [-0.05, 0) is 38.3 Å². The largest absolute Gasteiger partial charge is 0.341 e. The molecule has 3 aliphatic rings. The number of nitrogens with zero attached hydrogens (tertiary/aromatic N) is 4. The van der Waals surface area contributed by atoms with Gasteiger partial charge in [0.15, 0.2) is 0 Å². The number of likely N-dealkylation sites (tertiary alicyclic amines) is 1. The second kappa shape index (κ2) is 9.52. The van der Waals surface area contributed by atoms with Crippen LogP contribution < -0.4 is 4.90 Å². The molecule has 2 atom stereocenters. The summed E-state index contributed by atoms with van der Waals surface area (Å²) in [6.07, 6.45) is 3.30. The van der Waals surface area contributed by atoms with Crippen LogP contribution in [-0.4, -0.2) is 84.3 Å². The third kappa shape index (κ3) is 4.62. The first-order valence-corrected chi connectivity index (χ1v) is 11.4. The molecular formula is C23H30F2N4O3. The number of piperazine rings is 1. The van der Waals surface area contributed by atoms with E-state index in [-0.39, 0.29) is 42.4 Å². The van der Waals surface area contributed by atoms with Gasteiger partial charge < -0.3 is 14.7 Å². The van der Waals surface area contributed by atoms with Gasteiger partial charge in [0.25, 0.3) is 0 Å². The molecule has 1 aromatic rings. The predicted octanol–water partition coefficient (Wildman–Crippen LogP) is 1.86. The van der Waals surface area contributed by atoms with Gasteiger partial charge in [-0.2, -0.15) is 0 Å². The molecule has 0 aromatic heterocycles. The standard InChI is InChI=1S/C23H30F2N4O3/c1-16(22(31)27-7-3-2-4-8-27)26-9-11-28(12-10-26)23(32)17-13-21(30)29(15-17)20-6-5-18(24)14-19(20)25/h5-6,14,16-17H,2-4,7-13,15H2,1H3. The van der Waals surface area contributed by atoms with Crippen molar-refractivity contribution < 1.29 is 23.2 Å². The van der Waals surface area contributed by atoms with E-state index < -0.39 is 17.6 Å². The van der Waals surface area contributed by atoms with Crippen molar-refractivity contribution in [3.63, 3.8) is 0 Å². The highest BCUT2D eigenvalue weighted by molar-refractivity contribution is 6.00. The van der Waals surface area contributed by atoms with Gasteiger partial charge in [-0.25, -0.2) is 8.78 Å². The van der Waals surface area contributed by atoms with E-state index in [1.54, 1.807) is 4.90 Å². The van der Waals surface area contributed by atoms with Gasteiger partial charge in [0.1, 0.15) is 11.6 Å². The summed E-state index contributed by atoms with van der Waals surface area (Å²) in [6, 6.07) is 2.86. The van der Waals surface area contributed by atoms with Crippen molar-refractivity contribution >= 4 is 23.4 Å². The summed E-state index contributed by atoms with van der Waals surface area (Å²) in [5, 5.41) is 0. The fourth-order valence-corrected chi connectivity index (χ4v) is 4.93. The van der Waals surface area contributed by atoms with E-state index in [9.17, 15) is 23.2 Å². The van der Waals surface area contributed by atoms with Crippen LogP contribution in [0, 0.1) is 17.6 Å². The first-order chi connectivity index (χ1) is 15.3. The minimum Gasteiger partial charge on any atom is -0.341 e. The lowest BCUT2D eigenvalue weighted by Crippen LogP contribution is -2.56. The first kappa shape index (κ1) is 22.6. The Hall–Kier alpha value is -2.55. The van der Waals surface area contributed by atoms with Crippen molar-refractivity contribution in [2.24, 2.45) is 5.92 Å². The Labute approximate surface area is 186 Å². The lowest BCUT2D eigenvalue weighted by molar-refractivity contribution is -0.141. The van der Waals surface area contributed by atoms with Gasteiger partial charge >= 0.3 is 0 Å². The molecule has 7 nitrogen and oxygen atoms in total. The number of anilines is 1. The van der Waals surface area contributed by atoms with Gasteiger partial charge in [-0.15, -0.1) is 0 Å². The number of carbonyl (C=O) groups is 3. The normalized spacial score (nSPS) is 23.5. The molecule has 3 fully saturated rings. The number of hydrogen-bond acceptors (Lipinski definition) is 4. The molecule has 174 valence electrons. The molecule has 1 aromatic carbocycles. The van der Waals surface area contributed by atoms with Gasteiger partial charge in [-0.1, -0.05) is 0 Å². The third-order valence-electron chi connectivity index (χ3n) is 6.87. The van der Waals surface area contributed by atoms with E-state index in [0.717, 1.165) is 38.1 Å². The molecule has 3 heterocycles. The smallest absolute Gasteiger partial charge is 0.239 e. The molecule has 32 heavy (non-hydrogen) atoms. The predicted molar refractivity (Wildman–Crippen MR) is 115 cm³/mol. The van der Waals surface area contributed by atoms with Crippen molar-refractivity contribution in [1.82, 2.24) is 14.7 Å². The van der Waals surface area contributed by atoms with Gasteiger partial charge in [0.2, 0.25) is 17.7 Å². The highest BCUT2D eigenvalue weighted by Gasteiger charge is 2.39. The fraction of sp³-hybridized carbons (Fsp3) is 0.609. The zero-order valence-electron chi connectivity index (χ0n) is 18.4. The Morgan fingerprint density at radius 1 is 0.969 bits per heavy atom. The van der Waals surface area contributed by atoms with Crippen LogP contribution in [0.1, 0.15) is 32.6 Å². The maximum absolute atomic E-state index is 14.1. The third-order valence-corrected chi connectivity index (χ3v) is 6.87. The van der Waals surface area contributed by atoms with Gasteiger partial charge in [0.05, 0.1) is 17.6 Å². The Bertz CT molecular complexity index is 882. The second-order valence-corrected chi connectivity index (χ2v) is 8.92. The second-order valence-electron chi connectivity index (χ2n) is 8.92. The molecule has 0 aliphatic carbocycles. The average molecular weight is 449 g/mol. The summed E-state index contributed by atoms with van der Waals surface area (Å²) >= 11 is 0. The van der Waals surface area contributed by atoms with E-state index in [4.69, 9.17) is 0 Å². The van der Waals surface area contributed by atoms with Gasteiger partial charge in [-0.3, -0.25) is 19.3 Å². The Balaban J connectivity index is 1.31. The van der Waals surface area contributed by atoms with Crippen LogP contribution in [0.25, 0.3) is 0 Å². The number of benzene rings is 1. The molecular weight excluding hydrogens is 418 g/mol. The van der Waals surface area contributed by atoms with Crippen LogP contribution in [-0.2, 0) is 14.4 Å². The van der Waals surface area contributed by atoms with Crippen molar-refractivity contribution in [3.8, 4) is 0 Å². The molecule has 9 heteroatoms. The zero-order valence-corrected chi connectivity index (χ0v) is 18.4. The molecule has 0 bridgehead atoms. The monoisotopic (exact) mass is 448 g/mol. The SMILES string of the molecule is CC(C(=O)N1CCCCC1)N1CCN(C(=O)C2CC(=O)N(c3ccc(F)cc3F)C2)CC1. The minimum absolute atomic E-state index is 0.00145. The number of rotatable bonds is 4. The van der Waals surface area contributed by atoms with Crippen LogP contribution in [0.3, 0.4) is 0 Å². The Kier molecular flexibility index (Phi) is 6.74. The molecule has 0 spiro atoms. The van der Waals surface area contributed by atoms with E-state index in [0.29, 0.717) is 26.2 Å². The number of amides is 3. The van der Waals surface area contributed by atoms with Crippen LogP contribution in [0.4, 0.5) is 14.5 Å². The molecule has 3 saturated heterocycles. The van der Waals surface area contributed by atoms with E-state index in [2.05, 4.69) is 4.90 Å². The summed E-state index contributed by atoms with van der Waals surface area (Å²) < 4.78 is 27.3. The number of piperidine rings is 1. The van der Waals surface area contributed by atoms with E-state index >= 15 is 0 Å². The fourth-order valence-electron chi connectivity index (χ4n) is 4.93. The minimum atomic E-state index is -0.813. The highest BCUT2D eigenvalue weighted by atomic mass is 19.1. The maximum Gasteiger partial charge on any atom is 0.239 e. The molecule has 0 saturated carbocycles. The Morgan fingerprint density at radius 3 is 2.31 bits per heavy atom. The molecule has 0 N–H and O–H groups in total. The molecule has 3 aliphatic heterocycles. The van der Waals surface area contributed by atoms with Crippen molar-refractivity contribution in [2.45, 2.75) is 38.6 Å². The number of carbonyl (C=O) groups excluding carboxylic acids is 3. The summed E-state index contributed by atoms with van der Waals surface area (Å²) in [5.41, 5.74) is 0.00145. The van der Waals surface area contributed by atoms with Crippen molar-refractivity contribution in [3.05, 3.63) is 29.8 Å². The van der Waals surface area contributed by atoms with Crippen molar-refractivity contribution in [2.75, 3.05) is 50.7 Å². The van der Waals surface area contributed by atoms with Crippen LogP contribution in [0.2, 0.25) is 0 Å². The summed E-state index contributed by atoms with van der Waals surface area (Å²) in [6.45, 7) is 5.85. The van der Waals surface area contributed by atoms with E-state index in [1.165, 1.54) is 17.4 Å². The molecule has 2 unspecified atom stereocenters. The molecule has 4 rings (SSSR count). The van der Waals surface area contributed by atoms with Crippen LogP contribution in [0.5, 0.6) is 0 Å². The quantitative estimate of drug-likeness (QED) is 0.706. The molecule has 3 amide bonds. The highest BCUT2D eigenvalue weighted by Crippen LogP contribution is 2.29. The number of halogens is 2. The first-order valence-electron chi connectivity index (χ1n) is 11.4. The topological polar surface area (TPSA) is 64.2 Å². The summed E-state index contributed by atoms with van der Waals surface area (Å²) in [5.74, 6) is -2.39. The van der Waals surface area contributed by atoms with Crippen LogP contribution in [0.15, 0.2) is 18.2 Å². The maximum atomic E-state index is 14.1.